The first kappa shape index (κ1) is 23.1. The minimum atomic E-state index is -0.908. The van der Waals surface area contributed by atoms with Gasteiger partial charge in [0.25, 0.3) is 0 Å². The number of esters is 1. The van der Waals surface area contributed by atoms with Crippen LogP contribution < -0.4 is 0 Å². The summed E-state index contributed by atoms with van der Waals surface area (Å²) in [6, 6.07) is 0. The molecule has 0 aromatic rings. The summed E-state index contributed by atoms with van der Waals surface area (Å²) >= 11 is 0. The van der Waals surface area contributed by atoms with Crippen LogP contribution in [-0.2, 0) is 9.53 Å². The summed E-state index contributed by atoms with van der Waals surface area (Å²) in [6.07, 6.45) is 10.3. The molecule has 0 fully saturated rings. The van der Waals surface area contributed by atoms with E-state index in [1.165, 1.54) is 13.2 Å². The number of hydrogen-bond donors (Lipinski definition) is 3. The highest BCUT2D eigenvalue weighted by molar-refractivity contribution is 5.68. The van der Waals surface area contributed by atoms with Crippen molar-refractivity contribution >= 4 is 5.97 Å². The number of aliphatic hydroxyl groups is 3. The van der Waals surface area contributed by atoms with Crippen molar-refractivity contribution in [3.8, 4) is 0 Å². The first-order chi connectivity index (χ1) is 11.5. The fourth-order valence-corrected chi connectivity index (χ4v) is 2.50. The van der Waals surface area contributed by atoms with Crippen LogP contribution in [0, 0.1) is 0 Å². The number of aliphatic hydroxyl groups excluding tert-OH is 3. The summed E-state index contributed by atoms with van der Waals surface area (Å²) in [5, 5.41) is 29.5. The van der Waals surface area contributed by atoms with Gasteiger partial charge in [-0.05, 0) is 19.3 Å². The van der Waals surface area contributed by atoms with Gasteiger partial charge in [0.15, 0.2) is 0 Å². The lowest BCUT2D eigenvalue weighted by Crippen LogP contribution is -2.24. The van der Waals surface area contributed by atoms with Crippen molar-refractivity contribution in [2.24, 2.45) is 0 Å². The molecule has 0 bridgehead atoms. The molecule has 0 unspecified atom stereocenters. The van der Waals surface area contributed by atoms with Crippen LogP contribution in [0.1, 0.15) is 77.6 Å². The molecule has 5 heteroatoms. The molecule has 142 valence electrons. The summed E-state index contributed by atoms with van der Waals surface area (Å²) in [5.41, 5.74) is 0. The quantitative estimate of drug-likeness (QED) is 0.241. The van der Waals surface area contributed by atoms with Crippen LogP contribution in [0.2, 0.25) is 0 Å². The molecule has 0 rings (SSSR count). The molecule has 0 heterocycles. The van der Waals surface area contributed by atoms with Gasteiger partial charge in [0, 0.05) is 6.42 Å². The van der Waals surface area contributed by atoms with E-state index < -0.39 is 18.3 Å². The Morgan fingerprint density at radius 3 is 2.21 bits per heavy atom. The molecule has 0 aromatic carbocycles. The van der Waals surface area contributed by atoms with Crippen LogP contribution in [0.5, 0.6) is 0 Å². The van der Waals surface area contributed by atoms with Crippen LogP contribution in [0.25, 0.3) is 0 Å². The Kier molecular flexibility index (Phi) is 15.0. The molecule has 5 nitrogen and oxygen atoms in total. The van der Waals surface area contributed by atoms with E-state index in [9.17, 15) is 20.1 Å². The van der Waals surface area contributed by atoms with Crippen LogP contribution in [0.3, 0.4) is 0 Å². The average molecular weight is 344 g/mol. The first-order valence-electron chi connectivity index (χ1n) is 9.30. The van der Waals surface area contributed by atoms with Gasteiger partial charge >= 0.3 is 5.97 Å². The van der Waals surface area contributed by atoms with E-state index in [0.717, 1.165) is 51.4 Å². The Balaban J connectivity index is 3.66. The standard InChI is InChI=1S/C19H36O5/c1-3-4-8-12-17(21)18(22)15-14-16(20)11-9-6-5-7-10-13-19(23)24-2/h14-18,20-22H,3-13H2,1-2H3/t16-,17+,18-/m0/s1. The molecule has 3 N–H and O–H groups in total. The molecular weight excluding hydrogens is 308 g/mol. The highest BCUT2D eigenvalue weighted by atomic mass is 16.5. The van der Waals surface area contributed by atoms with Gasteiger partial charge in [-0.3, -0.25) is 4.79 Å². The van der Waals surface area contributed by atoms with Crippen molar-refractivity contribution in [3.63, 3.8) is 0 Å². The zero-order valence-corrected chi connectivity index (χ0v) is 15.3. The third-order valence-corrected chi connectivity index (χ3v) is 4.14. The van der Waals surface area contributed by atoms with Crippen LogP contribution >= 0.6 is 0 Å². The number of ether oxygens (including phenoxy) is 1. The van der Waals surface area contributed by atoms with Gasteiger partial charge in [0.2, 0.25) is 0 Å². The average Bonchev–Trinajstić information content (AvgIpc) is 2.58. The van der Waals surface area contributed by atoms with Crippen molar-refractivity contribution in [2.75, 3.05) is 7.11 Å². The Morgan fingerprint density at radius 1 is 0.917 bits per heavy atom. The fraction of sp³-hybridized carbons (Fsp3) is 0.842. The Morgan fingerprint density at radius 2 is 1.54 bits per heavy atom. The minimum Gasteiger partial charge on any atom is -0.469 e. The largest absolute Gasteiger partial charge is 0.469 e. The van der Waals surface area contributed by atoms with Gasteiger partial charge < -0.3 is 20.1 Å². The van der Waals surface area contributed by atoms with Gasteiger partial charge in [-0.1, -0.05) is 64.0 Å². The number of carbonyl (C=O) groups is 1. The molecule has 0 aliphatic rings. The van der Waals surface area contributed by atoms with E-state index in [1.54, 1.807) is 6.08 Å². The SMILES string of the molecule is CCCCC[C@@H](O)[C@@H](O)C=C[C@@H](O)CCCCCCCC(=O)OC. The van der Waals surface area contributed by atoms with Gasteiger partial charge in [0.1, 0.15) is 0 Å². The van der Waals surface area contributed by atoms with E-state index >= 15 is 0 Å². The molecule has 0 amide bonds. The third-order valence-electron chi connectivity index (χ3n) is 4.14. The molecule has 0 aliphatic carbocycles. The molecule has 0 aromatic heterocycles. The lowest BCUT2D eigenvalue weighted by atomic mass is 10.0. The summed E-state index contributed by atoms with van der Waals surface area (Å²) in [4.78, 5) is 10.9. The normalized spacial score (nSPS) is 15.4. The lowest BCUT2D eigenvalue weighted by molar-refractivity contribution is -0.140. The Bertz CT molecular complexity index is 330. The summed E-state index contributed by atoms with van der Waals surface area (Å²) in [7, 11) is 1.40. The zero-order chi connectivity index (χ0) is 18.2. The van der Waals surface area contributed by atoms with Crippen LogP contribution in [0.4, 0.5) is 0 Å². The minimum absolute atomic E-state index is 0.161. The second kappa shape index (κ2) is 15.6. The van der Waals surface area contributed by atoms with Gasteiger partial charge in [-0.25, -0.2) is 0 Å². The number of hydrogen-bond acceptors (Lipinski definition) is 5. The van der Waals surface area contributed by atoms with Crippen molar-refractivity contribution in [3.05, 3.63) is 12.2 Å². The zero-order valence-electron chi connectivity index (χ0n) is 15.3. The molecule has 0 saturated heterocycles. The van der Waals surface area contributed by atoms with Crippen molar-refractivity contribution in [1.29, 1.82) is 0 Å². The van der Waals surface area contributed by atoms with Crippen LogP contribution in [-0.4, -0.2) is 46.7 Å². The van der Waals surface area contributed by atoms with Crippen molar-refractivity contribution in [2.45, 2.75) is 95.9 Å². The first-order valence-corrected chi connectivity index (χ1v) is 9.30. The second-order valence-electron chi connectivity index (χ2n) is 6.39. The highest BCUT2D eigenvalue weighted by Gasteiger charge is 2.13. The molecule has 0 spiro atoms. The highest BCUT2D eigenvalue weighted by Crippen LogP contribution is 2.11. The van der Waals surface area contributed by atoms with E-state index in [4.69, 9.17) is 0 Å². The second-order valence-corrected chi connectivity index (χ2v) is 6.39. The van der Waals surface area contributed by atoms with E-state index in [2.05, 4.69) is 11.7 Å². The predicted octanol–water partition coefficient (Wildman–Crippen LogP) is 3.11. The summed E-state index contributed by atoms with van der Waals surface area (Å²) < 4.78 is 4.58. The van der Waals surface area contributed by atoms with Gasteiger partial charge in [-0.2, -0.15) is 0 Å². The molecule has 0 saturated carbocycles. The summed E-state index contributed by atoms with van der Waals surface area (Å²) in [6.45, 7) is 2.10. The topological polar surface area (TPSA) is 87.0 Å². The number of carbonyl (C=O) groups excluding carboxylic acids is 1. The number of rotatable bonds is 15. The maximum atomic E-state index is 10.9. The van der Waals surface area contributed by atoms with E-state index in [1.807, 2.05) is 0 Å². The Hall–Kier alpha value is -0.910. The van der Waals surface area contributed by atoms with Crippen molar-refractivity contribution < 1.29 is 24.9 Å². The molecule has 0 radical (unpaired) electrons. The molecule has 0 aliphatic heterocycles. The molecule has 24 heavy (non-hydrogen) atoms. The maximum absolute atomic E-state index is 10.9. The monoisotopic (exact) mass is 344 g/mol. The molecule has 3 atom stereocenters. The smallest absolute Gasteiger partial charge is 0.305 e. The molecular formula is C19H36O5. The number of methoxy groups -OCH3 is 1. The van der Waals surface area contributed by atoms with Crippen molar-refractivity contribution in [1.82, 2.24) is 0 Å². The van der Waals surface area contributed by atoms with Gasteiger partial charge in [0.05, 0.1) is 25.4 Å². The Labute approximate surface area is 146 Å². The van der Waals surface area contributed by atoms with Gasteiger partial charge in [-0.15, -0.1) is 0 Å². The fourth-order valence-electron chi connectivity index (χ4n) is 2.50. The van der Waals surface area contributed by atoms with E-state index in [0.29, 0.717) is 19.3 Å². The summed E-state index contributed by atoms with van der Waals surface area (Å²) in [5.74, 6) is -0.161. The number of unbranched alkanes of at least 4 members (excludes halogenated alkanes) is 6. The maximum Gasteiger partial charge on any atom is 0.305 e. The van der Waals surface area contributed by atoms with Crippen LogP contribution in [0.15, 0.2) is 12.2 Å². The van der Waals surface area contributed by atoms with E-state index in [-0.39, 0.29) is 5.97 Å². The predicted molar refractivity (Wildman–Crippen MR) is 95.6 cm³/mol. The lowest BCUT2D eigenvalue weighted by Gasteiger charge is -2.14. The third kappa shape index (κ3) is 13.5.